The SMILES string of the molecule is CCC=c1[nH]n(-c2ccccc2)c(=O)c1=C1C=C(C(C)(C)C)C(=O)C(C(C)(C)C)=C1. The summed E-state index contributed by atoms with van der Waals surface area (Å²) in [6, 6.07) is 9.55. The summed E-state index contributed by atoms with van der Waals surface area (Å²) in [5.41, 5.74) is 2.29. The number of hydrogen-bond acceptors (Lipinski definition) is 2. The Balaban J connectivity index is 2.47. The minimum Gasteiger partial charge on any atom is -0.291 e. The normalized spacial score (nSPS) is 16.0. The van der Waals surface area contributed by atoms with Gasteiger partial charge in [-0.15, -0.1) is 0 Å². The van der Waals surface area contributed by atoms with Gasteiger partial charge in [0, 0.05) is 11.1 Å². The van der Waals surface area contributed by atoms with Crippen LogP contribution in [-0.2, 0) is 4.79 Å². The van der Waals surface area contributed by atoms with Crippen LogP contribution in [0.2, 0.25) is 0 Å². The Bertz CT molecular complexity index is 1170. The highest BCUT2D eigenvalue weighted by molar-refractivity contribution is 6.14. The maximum atomic E-state index is 13.5. The predicted molar refractivity (Wildman–Crippen MR) is 124 cm³/mol. The number of aromatic nitrogens is 2. The van der Waals surface area contributed by atoms with Crippen molar-refractivity contribution < 1.29 is 4.79 Å². The van der Waals surface area contributed by atoms with E-state index < -0.39 is 0 Å². The van der Waals surface area contributed by atoms with E-state index in [0.717, 1.165) is 34.2 Å². The van der Waals surface area contributed by atoms with Gasteiger partial charge in [-0.1, -0.05) is 72.7 Å². The summed E-state index contributed by atoms with van der Waals surface area (Å²) in [4.78, 5) is 26.8. The molecule has 0 atom stereocenters. The minimum absolute atomic E-state index is 0.0682. The smallest absolute Gasteiger partial charge is 0.279 e. The van der Waals surface area contributed by atoms with Crippen LogP contribution in [0.25, 0.3) is 17.3 Å². The lowest BCUT2D eigenvalue weighted by atomic mass is 9.72. The van der Waals surface area contributed by atoms with Gasteiger partial charge in [-0.2, -0.15) is 0 Å². The number of Topliss-reactive ketones (excluding diaryl/α,β-unsaturated/α-hetero) is 1. The number of para-hydroxylation sites is 1. The van der Waals surface area contributed by atoms with Gasteiger partial charge < -0.3 is 0 Å². The van der Waals surface area contributed by atoms with Crippen molar-refractivity contribution in [1.82, 2.24) is 9.78 Å². The summed E-state index contributed by atoms with van der Waals surface area (Å²) in [6.07, 6.45) is 6.63. The van der Waals surface area contributed by atoms with E-state index in [1.54, 1.807) is 4.68 Å². The summed E-state index contributed by atoms with van der Waals surface area (Å²) in [5.74, 6) is 0.0682. The summed E-state index contributed by atoms with van der Waals surface area (Å²) in [5, 5.41) is 4.66. The molecule has 1 aliphatic carbocycles. The zero-order valence-electron chi connectivity index (χ0n) is 19.1. The molecule has 0 aliphatic heterocycles. The van der Waals surface area contributed by atoms with Crippen LogP contribution >= 0.6 is 0 Å². The number of H-pyrrole nitrogens is 1. The molecular formula is C26H32N2O2. The van der Waals surface area contributed by atoms with Crippen LogP contribution in [0.15, 0.2) is 58.4 Å². The van der Waals surface area contributed by atoms with Gasteiger partial charge in [0.1, 0.15) is 0 Å². The second kappa shape index (κ2) is 7.75. The molecule has 30 heavy (non-hydrogen) atoms. The molecule has 4 nitrogen and oxygen atoms in total. The number of allylic oxidation sites excluding steroid dienone is 4. The van der Waals surface area contributed by atoms with Gasteiger partial charge in [-0.05, 0) is 47.1 Å². The molecule has 0 unspecified atom stereocenters. The van der Waals surface area contributed by atoms with Crippen molar-refractivity contribution in [3.05, 3.63) is 74.6 Å². The van der Waals surface area contributed by atoms with E-state index in [2.05, 4.69) is 5.10 Å². The molecule has 1 N–H and O–H groups in total. The van der Waals surface area contributed by atoms with Crippen LogP contribution in [-0.4, -0.2) is 15.6 Å². The van der Waals surface area contributed by atoms with E-state index in [-0.39, 0.29) is 22.2 Å². The van der Waals surface area contributed by atoms with E-state index >= 15 is 0 Å². The molecule has 1 aliphatic rings. The standard InChI is InChI=1S/C26H32N2O2/c1-8-12-21-22(24(30)28(27-21)18-13-10-9-11-14-18)17-15-19(25(2,3)4)23(29)20(16-17)26(5,6)7/h9-16,27H,8H2,1-7H3. The number of ketones is 1. The van der Waals surface area contributed by atoms with Crippen LogP contribution in [0.3, 0.4) is 0 Å². The number of carbonyl (C=O) groups excluding carboxylic acids is 1. The number of nitrogens with one attached hydrogen (secondary N) is 1. The molecule has 1 heterocycles. The first-order valence-electron chi connectivity index (χ1n) is 10.5. The molecule has 3 rings (SSSR count). The first kappa shape index (κ1) is 21.8. The third-order valence-corrected chi connectivity index (χ3v) is 5.33. The second-order valence-corrected chi connectivity index (χ2v) is 9.89. The highest BCUT2D eigenvalue weighted by atomic mass is 16.1. The molecule has 4 heteroatoms. The Kier molecular flexibility index (Phi) is 5.64. The van der Waals surface area contributed by atoms with E-state index in [0.29, 0.717) is 5.22 Å². The maximum absolute atomic E-state index is 13.5. The summed E-state index contributed by atoms with van der Waals surface area (Å²) < 4.78 is 1.58. The van der Waals surface area contributed by atoms with E-state index in [1.165, 1.54) is 0 Å². The third kappa shape index (κ3) is 4.04. The monoisotopic (exact) mass is 404 g/mol. The van der Waals surface area contributed by atoms with Crippen LogP contribution in [0, 0.1) is 10.8 Å². The molecule has 1 aromatic carbocycles. The second-order valence-electron chi connectivity index (χ2n) is 9.89. The number of carbonyl (C=O) groups is 1. The molecule has 0 bridgehead atoms. The largest absolute Gasteiger partial charge is 0.291 e. The van der Waals surface area contributed by atoms with Gasteiger partial charge >= 0.3 is 0 Å². The van der Waals surface area contributed by atoms with E-state index in [4.69, 9.17) is 0 Å². The van der Waals surface area contributed by atoms with Crippen LogP contribution in [0.5, 0.6) is 0 Å². The quantitative estimate of drug-likeness (QED) is 0.821. The number of rotatable bonds is 2. The molecule has 2 aromatic rings. The van der Waals surface area contributed by atoms with Crippen molar-refractivity contribution in [3.8, 4) is 5.69 Å². The van der Waals surface area contributed by atoms with Crippen molar-refractivity contribution >= 4 is 17.4 Å². The van der Waals surface area contributed by atoms with Crippen molar-refractivity contribution in [3.63, 3.8) is 0 Å². The van der Waals surface area contributed by atoms with Gasteiger partial charge in [0.05, 0.1) is 16.3 Å². The average Bonchev–Trinajstić information content (AvgIpc) is 2.97. The van der Waals surface area contributed by atoms with Crippen molar-refractivity contribution in [1.29, 1.82) is 0 Å². The Morgan fingerprint density at radius 3 is 1.90 bits per heavy atom. The van der Waals surface area contributed by atoms with Crippen LogP contribution < -0.4 is 16.1 Å². The third-order valence-electron chi connectivity index (χ3n) is 5.33. The molecule has 0 saturated heterocycles. The number of aromatic amines is 1. The predicted octanol–water partition coefficient (Wildman–Crippen LogP) is 4.03. The Hall–Kier alpha value is -2.88. The molecular weight excluding hydrogens is 372 g/mol. The zero-order chi connectivity index (χ0) is 22.3. The molecule has 158 valence electrons. The fourth-order valence-electron chi connectivity index (χ4n) is 3.73. The molecule has 0 amide bonds. The Morgan fingerprint density at radius 2 is 1.43 bits per heavy atom. The van der Waals surface area contributed by atoms with Gasteiger partial charge in [-0.3, -0.25) is 14.7 Å². The van der Waals surface area contributed by atoms with E-state index in [9.17, 15) is 9.59 Å². The van der Waals surface area contributed by atoms with Crippen LogP contribution in [0.4, 0.5) is 0 Å². The lowest BCUT2D eigenvalue weighted by Gasteiger charge is -2.31. The number of benzene rings is 1. The summed E-state index contributed by atoms with van der Waals surface area (Å²) in [7, 11) is 0. The maximum Gasteiger partial charge on any atom is 0.279 e. The highest BCUT2D eigenvalue weighted by Gasteiger charge is 2.34. The average molecular weight is 405 g/mol. The highest BCUT2D eigenvalue weighted by Crippen LogP contribution is 2.38. The fourth-order valence-corrected chi connectivity index (χ4v) is 3.73. The van der Waals surface area contributed by atoms with Gasteiger partial charge in [0.2, 0.25) is 0 Å². The summed E-state index contributed by atoms with van der Waals surface area (Å²) >= 11 is 0. The minimum atomic E-state index is -0.323. The lowest BCUT2D eigenvalue weighted by molar-refractivity contribution is -0.114. The number of hydrogen-bond donors (Lipinski definition) is 1. The molecule has 0 radical (unpaired) electrons. The van der Waals surface area contributed by atoms with Gasteiger partial charge in [0.25, 0.3) is 5.56 Å². The molecule has 0 saturated carbocycles. The van der Waals surface area contributed by atoms with E-state index in [1.807, 2.05) is 97.0 Å². The number of nitrogens with zero attached hydrogens (tertiary/aromatic N) is 1. The van der Waals surface area contributed by atoms with Gasteiger partial charge in [-0.25, -0.2) is 4.68 Å². The topological polar surface area (TPSA) is 54.9 Å². The van der Waals surface area contributed by atoms with Crippen molar-refractivity contribution in [2.45, 2.75) is 54.9 Å². The zero-order valence-corrected chi connectivity index (χ0v) is 19.1. The molecule has 0 spiro atoms. The van der Waals surface area contributed by atoms with Crippen LogP contribution in [0.1, 0.15) is 54.9 Å². The van der Waals surface area contributed by atoms with Gasteiger partial charge in [0.15, 0.2) is 5.78 Å². The molecule has 1 aromatic heterocycles. The fraction of sp³-hybridized carbons (Fsp3) is 0.385. The Morgan fingerprint density at radius 1 is 0.900 bits per heavy atom. The lowest BCUT2D eigenvalue weighted by Crippen LogP contribution is -2.38. The molecule has 0 fully saturated rings. The van der Waals surface area contributed by atoms with Crippen molar-refractivity contribution in [2.75, 3.05) is 0 Å². The van der Waals surface area contributed by atoms with Crippen molar-refractivity contribution in [2.24, 2.45) is 10.8 Å². The first-order valence-corrected chi connectivity index (χ1v) is 10.5. The summed E-state index contributed by atoms with van der Waals surface area (Å²) in [6.45, 7) is 14.3. The Labute approximate surface area is 178 Å². The first-order chi connectivity index (χ1) is 13.9.